The van der Waals surface area contributed by atoms with Gasteiger partial charge in [0.1, 0.15) is 18.1 Å². The van der Waals surface area contributed by atoms with E-state index in [0.29, 0.717) is 17.9 Å². The van der Waals surface area contributed by atoms with Crippen LogP contribution in [0.25, 0.3) is 0 Å². The van der Waals surface area contributed by atoms with Crippen LogP contribution in [0.1, 0.15) is 23.7 Å². The highest BCUT2D eigenvalue weighted by Crippen LogP contribution is 2.24. The van der Waals surface area contributed by atoms with Crippen molar-refractivity contribution in [3.8, 4) is 0 Å². The van der Waals surface area contributed by atoms with Crippen molar-refractivity contribution in [1.82, 2.24) is 9.97 Å². The predicted octanol–water partition coefficient (Wildman–Crippen LogP) is 3.48. The van der Waals surface area contributed by atoms with Gasteiger partial charge in [0, 0.05) is 31.4 Å². The molecular weight excluding hydrogens is 320 g/mol. The molecule has 0 saturated heterocycles. The first kappa shape index (κ1) is 17.6. The van der Waals surface area contributed by atoms with E-state index < -0.39 is 12.1 Å². The number of nitrogens with one attached hydrogen (secondary N) is 1. The van der Waals surface area contributed by atoms with Crippen LogP contribution in [0.3, 0.4) is 0 Å². The molecule has 0 bridgehead atoms. The Labute approximate surface area is 137 Å². The van der Waals surface area contributed by atoms with Crippen LogP contribution >= 0.6 is 0 Å². The maximum atomic E-state index is 13.1. The Balaban J connectivity index is 1.87. The van der Waals surface area contributed by atoms with E-state index in [2.05, 4.69) is 20.0 Å². The largest absolute Gasteiger partial charge is 0.508 e. The number of halogens is 2. The molecule has 0 amide bonds. The molecule has 6 nitrogen and oxygen atoms in total. The standard InChI is InChI=1S/C16H17F2N3O3/c1-16(17,18)13-5-3-11(7-19-13)8-20-14-6-4-12(9-21-14)10-24-15(22)23-2/h3-7,9H,8,10H2,1-2H3,(H,20,21). The molecule has 2 aromatic rings. The molecule has 0 spiro atoms. The lowest BCUT2D eigenvalue weighted by molar-refractivity contribution is 0.0127. The van der Waals surface area contributed by atoms with Crippen molar-refractivity contribution >= 4 is 12.0 Å². The second-order valence-electron chi connectivity index (χ2n) is 5.09. The third kappa shape index (κ3) is 5.15. The van der Waals surface area contributed by atoms with Gasteiger partial charge in [0.05, 0.1) is 7.11 Å². The lowest BCUT2D eigenvalue weighted by Crippen LogP contribution is -2.10. The van der Waals surface area contributed by atoms with Gasteiger partial charge in [0.25, 0.3) is 5.92 Å². The normalized spacial score (nSPS) is 11.0. The van der Waals surface area contributed by atoms with Gasteiger partial charge in [-0.3, -0.25) is 4.98 Å². The number of nitrogens with zero attached hydrogens (tertiary/aromatic N) is 2. The van der Waals surface area contributed by atoms with Crippen molar-refractivity contribution in [3.05, 3.63) is 53.5 Å². The van der Waals surface area contributed by atoms with Crippen molar-refractivity contribution in [2.45, 2.75) is 26.0 Å². The summed E-state index contributed by atoms with van der Waals surface area (Å²) in [5.74, 6) is -2.35. The summed E-state index contributed by atoms with van der Waals surface area (Å²) in [5, 5.41) is 3.05. The summed E-state index contributed by atoms with van der Waals surface area (Å²) in [5.41, 5.74) is 1.20. The zero-order valence-electron chi connectivity index (χ0n) is 13.3. The second kappa shape index (κ2) is 7.67. The number of alkyl halides is 2. The molecule has 0 atom stereocenters. The van der Waals surface area contributed by atoms with E-state index in [4.69, 9.17) is 4.74 Å². The van der Waals surface area contributed by atoms with E-state index in [9.17, 15) is 13.6 Å². The number of rotatable bonds is 6. The molecule has 1 N–H and O–H groups in total. The minimum atomic E-state index is -2.95. The number of anilines is 1. The summed E-state index contributed by atoms with van der Waals surface area (Å²) in [6.07, 6.45) is 2.20. The Hall–Kier alpha value is -2.77. The van der Waals surface area contributed by atoms with Gasteiger partial charge in [-0.2, -0.15) is 8.78 Å². The van der Waals surface area contributed by atoms with Crippen LogP contribution in [0.2, 0.25) is 0 Å². The SMILES string of the molecule is COC(=O)OCc1ccc(NCc2ccc(C(C)(F)F)nc2)nc1. The number of ether oxygens (including phenoxy) is 2. The number of carbonyl (C=O) groups excluding carboxylic acids is 1. The molecular formula is C16H17F2N3O3. The van der Waals surface area contributed by atoms with Gasteiger partial charge in [-0.25, -0.2) is 9.78 Å². The molecule has 8 heteroatoms. The predicted molar refractivity (Wildman–Crippen MR) is 82.6 cm³/mol. The van der Waals surface area contributed by atoms with Gasteiger partial charge in [-0.05, 0) is 17.7 Å². The highest BCUT2D eigenvalue weighted by atomic mass is 19.3. The van der Waals surface area contributed by atoms with E-state index in [1.54, 1.807) is 24.4 Å². The first-order chi connectivity index (χ1) is 11.4. The van der Waals surface area contributed by atoms with Crippen molar-refractivity contribution < 1.29 is 23.0 Å². The molecule has 2 rings (SSSR count). The Bertz CT molecular complexity index is 670. The lowest BCUT2D eigenvalue weighted by Gasteiger charge is -2.10. The van der Waals surface area contributed by atoms with Crippen molar-refractivity contribution in [3.63, 3.8) is 0 Å². The van der Waals surface area contributed by atoms with Gasteiger partial charge in [-0.15, -0.1) is 0 Å². The molecule has 0 radical (unpaired) electrons. The molecule has 24 heavy (non-hydrogen) atoms. The molecule has 0 unspecified atom stereocenters. The topological polar surface area (TPSA) is 73.3 Å². The van der Waals surface area contributed by atoms with Crippen LogP contribution in [-0.2, 0) is 28.5 Å². The number of methoxy groups -OCH3 is 1. The van der Waals surface area contributed by atoms with Gasteiger partial charge >= 0.3 is 6.16 Å². The molecule has 0 aromatic carbocycles. The second-order valence-corrected chi connectivity index (χ2v) is 5.09. The zero-order valence-corrected chi connectivity index (χ0v) is 13.3. The van der Waals surface area contributed by atoms with Crippen LogP contribution in [0.4, 0.5) is 19.4 Å². The molecule has 0 aliphatic rings. The first-order valence-electron chi connectivity index (χ1n) is 7.11. The number of aromatic nitrogens is 2. The average molecular weight is 337 g/mol. The molecule has 0 aliphatic carbocycles. The third-order valence-corrected chi connectivity index (χ3v) is 3.10. The quantitative estimate of drug-likeness (QED) is 0.814. The minimum absolute atomic E-state index is 0.0660. The van der Waals surface area contributed by atoms with Crippen molar-refractivity contribution in [1.29, 1.82) is 0 Å². The molecule has 128 valence electrons. The maximum absolute atomic E-state index is 13.1. The summed E-state index contributed by atoms with van der Waals surface area (Å²) in [6, 6.07) is 6.36. The Morgan fingerprint density at radius 2 is 1.88 bits per heavy atom. The highest BCUT2D eigenvalue weighted by molar-refractivity contribution is 5.59. The fraction of sp³-hybridized carbons (Fsp3) is 0.312. The fourth-order valence-corrected chi connectivity index (χ4v) is 1.80. The fourth-order valence-electron chi connectivity index (χ4n) is 1.80. The van der Waals surface area contributed by atoms with Gasteiger partial charge < -0.3 is 14.8 Å². The molecule has 0 saturated carbocycles. The smallest absolute Gasteiger partial charge is 0.438 e. The number of hydrogen-bond acceptors (Lipinski definition) is 6. The van der Waals surface area contributed by atoms with Crippen LogP contribution in [0.15, 0.2) is 36.7 Å². The summed E-state index contributed by atoms with van der Waals surface area (Å²) in [6.45, 7) is 1.27. The van der Waals surface area contributed by atoms with Gasteiger partial charge in [-0.1, -0.05) is 12.1 Å². The Morgan fingerprint density at radius 1 is 1.17 bits per heavy atom. The van der Waals surface area contributed by atoms with Gasteiger partial charge in [0.15, 0.2) is 0 Å². The monoisotopic (exact) mass is 337 g/mol. The van der Waals surface area contributed by atoms with E-state index in [1.165, 1.54) is 19.4 Å². The third-order valence-electron chi connectivity index (χ3n) is 3.10. The van der Waals surface area contributed by atoms with Crippen LogP contribution in [0.5, 0.6) is 0 Å². The van der Waals surface area contributed by atoms with E-state index in [-0.39, 0.29) is 12.3 Å². The maximum Gasteiger partial charge on any atom is 0.508 e. The van der Waals surface area contributed by atoms with E-state index >= 15 is 0 Å². The summed E-state index contributed by atoms with van der Waals surface area (Å²) < 4.78 is 35.3. The van der Waals surface area contributed by atoms with Crippen LogP contribution in [-0.4, -0.2) is 23.2 Å². The molecule has 0 aliphatic heterocycles. The number of pyridine rings is 2. The van der Waals surface area contributed by atoms with Crippen molar-refractivity contribution in [2.75, 3.05) is 12.4 Å². The summed E-state index contributed by atoms with van der Waals surface area (Å²) in [7, 11) is 1.23. The zero-order chi connectivity index (χ0) is 17.6. The van der Waals surface area contributed by atoms with Gasteiger partial charge in [0.2, 0.25) is 0 Å². The Morgan fingerprint density at radius 3 is 2.42 bits per heavy atom. The Kier molecular flexibility index (Phi) is 5.62. The lowest BCUT2D eigenvalue weighted by atomic mass is 10.2. The van der Waals surface area contributed by atoms with Crippen LogP contribution < -0.4 is 5.32 Å². The number of hydrogen-bond donors (Lipinski definition) is 1. The number of carbonyl (C=O) groups is 1. The van der Waals surface area contributed by atoms with Crippen LogP contribution in [0, 0.1) is 0 Å². The van der Waals surface area contributed by atoms with Crippen molar-refractivity contribution in [2.24, 2.45) is 0 Å². The minimum Gasteiger partial charge on any atom is -0.438 e. The molecule has 2 aromatic heterocycles. The highest BCUT2D eigenvalue weighted by Gasteiger charge is 2.25. The first-order valence-corrected chi connectivity index (χ1v) is 7.11. The summed E-state index contributed by atoms with van der Waals surface area (Å²) >= 11 is 0. The van der Waals surface area contributed by atoms with E-state index in [0.717, 1.165) is 12.5 Å². The summed E-state index contributed by atoms with van der Waals surface area (Å²) in [4.78, 5) is 18.8. The van der Waals surface area contributed by atoms with E-state index in [1.807, 2.05) is 0 Å². The average Bonchev–Trinajstić information content (AvgIpc) is 2.58. The molecule has 0 fully saturated rings. The molecule has 2 heterocycles.